The number of fused-ring (bicyclic) bond motifs is 6. The van der Waals surface area contributed by atoms with Crippen LogP contribution in [0.15, 0.2) is 152 Å². The lowest BCUT2D eigenvalue weighted by Crippen LogP contribution is -2.15. The van der Waals surface area contributed by atoms with Gasteiger partial charge in [0.15, 0.2) is 0 Å². The number of rotatable bonds is 3. The van der Waals surface area contributed by atoms with Crippen LogP contribution in [0.5, 0.6) is 0 Å². The first kappa shape index (κ1) is 33.4. The van der Waals surface area contributed by atoms with E-state index in [-0.39, 0.29) is 16.2 Å². The molecule has 0 spiro atoms. The maximum atomic E-state index is 2.48. The van der Waals surface area contributed by atoms with Crippen LogP contribution in [0.2, 0.25) is 0 Å². The fraction of sp³-hybridized carbons (Fsp3) is 0.179. The molecule has 0 atom stereocenters. The van der Waals surface area contributed by atoms with Crippen molar-refractivity contribution in [3.63, 3.8) is 0 Å². The van der Waals surface area contributed by atoms with E-state index in [2.05, 4.69) is 200 Å². The van der Waals surface area contributed by atoms with Crippen LogP contribution in [0.4, 0.5) is 0 Å². The third kappa shape index (κ3) is 4.65. The summed E-state index contributed by atoms with van der Waals surface area (Å²) in [4.78, 5) is 0. The van der Waals surface area contributed by atoms with Gasteiger partial charge in [0.25, 0.3) is 0 Å². The van der Waals surface area contributed by atoms with Gasteiger partial charge in [-0.2, -0.15) is 0 Å². The van der Waals surface area contributed by atoms with Crippen molar-refractivity contribution >= 4 is 32.3 Å². The van der Waals surface area contributed by atoms with Gasteiger partial charge < -0.3 is 0 Å². The minimum Gasteiger partial charge on any atom is -0.0619 e. The zero-order valence-electron chi connectivity index (χ0n) is 33.4. The van der Waals surface area contributed by atoms with Gasteiger partial charge in [-0.25, -0.2) is 0 Å². The molecule has 2 aliphatic carbocycles. The van der Waals surface area contributed by atoms with Crippen LogP contribution in [0.25, 0.3) is 88.0 Å². The maximum Gasteiger partial charge on any atom is 0.0159 e. The number of hydrogen-bond donors (Lipinski definition) is 0. The fourth-order valence-corrected chi connectivity index (χ4v) is 10.3. The van der Waals surface area contributed by atoms with Crippen molar-refractivity contribution in [1.29, 1.82) is 0 Å². The van der Waals surface area contributed by atoms with Crippen LogP contribution < -0.4 is 0 Å². The largest absolute Gasteiger partial charge is 0.0619 e. The van der Waals surface area contributed by atoms with Gasteiger partial charge in [-0.1, -0.05) is 182 Å². The van der Waals surface area contributed by atoms with E-state index in [4.69, 9.17) is 0 Å². The minimum atomic E-state index is -0.126. The van der Waals surface area contributed by atoms with Crippen molar-refractivity contribution in [3.8, 4) is 55.6 Å². The van der Waals surface area contributed by atoms with Gasteiger partial charge in [0.1, 0.15) is 0 Å². The first-order valence-electron chi connectivity index (χ1n) is 20.2. The molecule has 0 saturated heterocycles. The zero-order valence-corrected chi connectivity index (χ0v) is 33.4. The quantitative estimate of drug-likeness (QED) is 0.160. The summed E-state index contributed by atoms with van der Waals surface area (Å²) in [5.41, 5.74) is 20.1. The Morgan fingerprint density at radius 2 is 0.768 bits per heavy atom. The molecule has 0 nitrogen and oxygen atoms in total. The molecule has 270 valence electrons. The Kier molecular flexibility index (Phi) is 6.73. The maximum absolute atomic E-state index is 2.48. The Hall–Kier alpha value is -5.98. The molecule has 0 amide bonds. The molecule has 9 aromatic carbocycles. The molecule has 2 aliphatic rings. The summed E-state index contributed by atoms with van der Waals surface area (Å²) in [7, 11) is 0. The lowest BCUT2D eigenvalue weighted by atomic mass is 9.80. The average Bonchev–Trinajstić information content (AvgIpc) is 3.58. The lowest BCUT2D eigenvalue weighted by Gasteiger charge is -2.23. The summed E-state index contributed by atoms with van der Waals surface area (Å²) >= 11 is 0. The van der Waals surface area contributed by atoms with E-state index in [0.717, 1.165) is 0 Å². The summed E-state index contributed by atoms with van der Waals surface area (Å²) in [6, 6.07) is 58.2. The van der Waals surface area contributed by atoms with E-state index in [1.807, 2.05) is 0 Å². The van der Waals surface area contributed by atoms with E-state index >= 15 is 0 Å². The minimum absolute atomic E-state index is 0.00383. The van der Waals surface area contributed by atoms with Crippen LogP contribution in [0.1, 0.15) is 76.3 Å². The van der Waals surface area contributed by atoms with Crippen molar-refractivity contribution in [1.82, 2.24) is 0 Å². The SMILES string of the molecule is CC(C)(C)c1cc2ccc3ccc(-c4ccc5c(c4)C(C)(C)c4cc(-c6ccc(-c7ccc8c(c7)C(C)(C)c7ccccc7-8)cc6)ccc4-5)c4ccc(c1)c2c34. The molecular formula is C56H46. The van der Waals surface area contributed by atoms with Crippen LogP contribution in [-0.2, 0) is 16.2 Å². The van der Waals surface area contributed by atoms with Gasteiger partial charge in [0.05, 0.1) is 0 Å². The number of benzene rings is 9. The smallest absolute Gasteiger partial charge is 0.0159 e. The Morgan fingerprint density at radius 3 is 1.36 bits per heavy atom. The van der Waals surface area contributed by atoms with E-state index in [1.165, 1.54) is 116 Å². The van der Waals surface area contributed by atoms with Crippen molar-refractivity contribution in [2.75, 3.05) is 0 Å². The highest BCUT2D eigenvalue weighted by Crippen LogP contribution is 2.52. The van der Waals surface area contributed by atoms with E-state index in [0.29, 0.717) is 0 Å². The fourth-order valence-electron chi connectivity index (χ4n) is 10.3. The molecule has 56 heavy (non-hydrogen) atoms. The second-order valence-electron chi connectivity index (χ2n) is 18.6. The van der Waals surface area contributed by atoms with Gasteiger partial charge in [-0.05, 0) is 139 Å². The van der Waals surface area contributed by atoms with E-state index in [1.54, 1.807) is 0 Å². The van der Waals surface area contributed by atoms with Crippen LogP contribution >= 0.6 is 0 Å². The highest BCUT2D eigenvalue weighted by Gasteiger charge is 2.37. The molecule has 0 aromatic heterocycles. The highest BCUT2D eigenvalue weighted by atomic mass is 14.4. The molecule has 0 saturated carbocycles. The van der Waals surface area contributed by atoms with Crippen LogP contribution in [0, 0.1) is 0 Å². The Bertz CT molecular complexity index is 3070. The van der Waals surface area contributed by atoms with E-state index < -0.39 is 0 Å². The summed E-state index contributed by atoms with van der Waals surface area (Å²) in [6.07, 6.45) is 0. The zero-order chi connectivity index (χ0) is 38.3. The molecule has 0 radical (unpaired) electrons. The van der Waals surface area contributed by atoms with Crippen LogP contribution in [0.3, 0.4) is 0 Å². The predicted octanol–water partition coefficient (Wildman–Crippen LogP) is 15.5. The Morgan fingerprint density at radius 1 is 0.339 bits per heavy atom. The molecule has 0 fully saturated rings. The average molecular weight is 719 g/mol. The molecule has 0 aliphatic heterocycles. The van der Waals surface area contributed by atoms with Crippen molar-refractivity contribution in [2.45, 2.75) is 64.7 Å². The summed E-state index contributed by atoms with van der Waals surface area (Å²) in [5.74, 6) is 0. The van der Waals surface area contributed by atoms with Crippen molar-refractivity contribution < 1.29 is 0 Å². The number of hydrogen-bond acceptors (Lipinski definition) is 0. The molecule has 0 heteroatoms. The monoisotopic (exact) mass is 718 g/mol. The molecule has 11 rings (SSSR count). The predicted molar refractivity (Wildman–Crippen MR) is 240 cm³/mol. The Labute approximate surface area is 330 Å². The molecule has 0 unspecified atom stereocenters. The summed E-state index contributed by atoms with van der Waals surface area (Å²) in [5, 5.41) is 8.06. The van der Waals surface area contributed by atoms with E-state index in [9.17, 15) is 0 Å². The highest BCUT2D eigenvalue weighted by molar-refractivity contribution is 6.25. The van der Waals surface area contributed by atoms with Gasteiger partial charge >= 0.3 is 0 Å². The Balaban J connectivity index is 0.933. The first-order valence-corrected chi connectivity index (χ1v) is 20.2. The van der Waals surface area contributed by atoms with Gasteiger partial charge in [0.2, 0.25) is 0 Å². The molecule has 0 heterocycles. The third-order valence-corrected chi connectivity index (χ3v) is 13.6. The first-order chi connectivity index (χ1) is 26.9. The summed E-state index contributed by atoms with van der Waals surface area (Å²) < 4.78 is 0. The molecule has 0 N–H and O–H groups in total. The molecular weight excluding hydrogens is 673 g/mol. The van der Waals surface area contributed by atoms with Gasteiger partial charge in [0, 0.05) is 10.8 Å². The standard InChI is InChI=1S/C56H46/c1-54(2,3)41-28-39-17-16-35-18-23-42(47-27-22-40(29-41)52(39)53(35)47)38-21-26-46-45-25-20-37(31-50(45)56(6,7)51(46)32-38)34-14-12-33(13-15-34)36-19-24-44-43-10-8-9-11-48(43)55(4,5)49(44)30-36/h8-32H,1-7H3. The lowest BCUT2D eigenvalue weighted by molar-refractivity contribution is 0.591. The third-order valence-electron chi connectivity index (χ3n) is 13.6. The van der Waals surface area contributed by atoms with Gasteiger partial charge in [-0.3, -0.25) is 0 Å². The second-order valence-corrected chi connectivity index (χ2v) is 18.6. The molecule has 0 bridgehead atoms. The van der Waals surface area contributed by atoms with Gasteiger partial charge in [-0.15, -0.1) is 0 Å². The second kappa shape index (κ2) is 11.3. The topological polar surface area (TPSA) is 0 Å². The normalized spacial score (nSPS) is 15.0. The van der Waals surface area contributed by atoms with Crippen molar-refractivity contribution in [3.05, 3.63) is 179 Å². The van der Waals surface area contributed by atoms with Crippen LogP contribution in [-0.4, -0.2) is 0 Å². The summed E-state index contributed by atoms with van der Waals surface area (Å²) in [6.45, 7) is 16.4. The van der Waals surface area contributed by atoms with Crippen molar-refractivity contribution in [2.24, 2.45) is 0 Å². The molecule has 9 aromatic rings.